The van der Waals surface area contributed by atoms with Crippen LogP contribution in [-0.4, -0.2) is 28.6 Å². The summed E-state index contributed by atoms with van der Waals surface area (Å²) in [5, 5.41) is 16.2. The predicted octanol–water partition coefficient (Wildman–Crippen LogP) is 3.40. The normalized spacial score (nSPS) is 20.5. The number of hydrogen-bond donors (Lipinski definition) is 3. The van der Waals surface area contributed by atoms with E-state index in [2.05, 4.69) is 15.6 Å². The van der Waals surface area contributed by atoms with Gasteiger partial charge in [0.05, 0.1) is 22.0 Å². The quantitative estimate of drug-likeness (QED) is 0.782. The highest BCUT2D eigenvalue weighted by atomic mass is 32.1. The van der Waals surface area contributed by atoms with Crippen LogP contribution in [0.5, 0.6) is 5.88 Å². The highest BCUT2D eigenvalue weighted by Gasteiger charge is 2.46. The largest absolute Gasteiger partial charge is 0.492 e. The van der Waals surface area contributed by atoms with Gasteiger partial charge in [-0.05, 0) is 43.4 Å². The minimum Gasteiger partial charge on any atom is -0.492 e. The van der Waals surface area contributed by atoms with Crippen molar-refractivity contribution in [3.05, 3.63) is 35.3 Å². The van der Waals surface area contributed by atoms with Crippen molar-refractivity contribution in [2.24, 2.45) is 0 Å². The molecule has 1 amide bonds. The molecule has 2 aromatic rings. The van der Waals surface area contributed by atoms with Crippen molar-refractivity contribution in [2.75, 3.05) is 6.54 Å². The molecule has 0 spiro atoms. The summed E-state index contributed by atoms with van der Waals surface area (Å²) < 4.78 is 0. The second-order valence-corrected chi connectivity index (χ2v) is 7.16. The van der Waals surface area contributed by atoms with E-state index in [1.165, 1.54) is 11.3 Å². The van der Waals surface area contributed by atoms with Gasteiger partial charge < -0.3 is 15.7 Å². The SMILES string of the molecule is CC.O=C(NC1(c2ccc(-c3scnc3O)cc2)CC1)[C@@H]1CCCN1. The van der Waals surface area contributed by atoms with E-state index in [0.29, 0.717) is 0 Å². The van der Waals surface area contributed by atoms with Crippen LogP contribution in [0.4, 0.5) is 0 Å². The van der Waals surface area contributed by atoms with Crippen LogP contribution < -0.4 is 10.6 Å². The molecule has 4 rings (SSSR count). The zero-order valence-electron chi connectivity index (χ0n) is 14.7. The van der Waals surface area contributed by atoms with Gasteiger partial charge in [0.25, 0.3) is 0 Å². The fraction of sp³-hybridized carbons (Fsp3) is 0.474. The van der Waals surface area contributed by atoms with Gasteiger partial charge in [0.1, 0.15) is 0 Å². The molecule has 1 aromatic heterocycles. The topological polar surface area (TPSA) is 74.2 Å². The van der Waals surface area contributed by atoms with E-state index >= 15 is 0 Å². The van der Waals surface area contributed by atoms with Crippen molar-refractivity contribution in [2.45, 2.75) is 51.1 Å². The van der Waals surface area contributed by atoms with Gasteiger partial charge in [-0.3, -0.25) is 4.79 Å². The number of aromatic nitrogens is 1. The molecule has 0 radical (unpaired) electrons. The molecule has 0 bridgehead atoms. The average Bonchev–Trinajstić information content (AvgIpc) is 3.04. The Kier molecular flexibility index (Phi) is 5.39. The van der Waals surface area contributed by atoms with E-state index in [4.69, 9.17) is 0 Å². The first-order valence-electron chi connectivity index (χ1n) is 8.97. The van der Waals surface area contributed by atoms with Crippen LogP contribution in [0.2, 0.25) is 0 Å². The number of rotatable bonds is 4. The minimum absolute atomic E-state index is 0.0408. The fourth-order valence-corrected chi connectivity index (χ4v) is 3.91. The first-order valence-corrected chi connectivity index (χ1v) is 9.85. The molecule has 1 saturated carbocycles. The summed E-state index contributed by atoms with van der Waals surface area (Å²) >= 11 is 1.42. The standard InChI is InChI=1S/C17H19N3O2S.C2H6/c21-15(13-2-1-9-18-13)20-17(7-8-17)12-5-3-11(4-6-12)14-16(22)19-10-23-14;1-2/h3-6,10,13,18,22H,1-2,7-9H2,(H,20,21);1-2H3/t13-;/m0./s1. The van der Waals surface area contributed by atoms with Crippen LogP contribution in [0.1, 0.15) is 45.1 Å². The predicted molar refractivity (Wildman–Crippen MR) is 101 cm³/mol. The first-order chi connectivity index (χ1) is 12.2. The van der Waals surface area contributed by atoms with Gasteiger partial charge in [-0.15, -0.1) is 11.3 Å². The Morgan fingerprint density at radius 2 is 2.04 bits per heavy atom. The van der Waals surface area contributed by atoms with Gasteiger partial charge in [0.15, 0.2) is 0 Å². The number of hydrogen-bond acceptors (Lipinski definition) is 5. The number of carbonyl (C=O) groups excluding carboxylic acids is 1. The third-order valence-corrected chi connectivity index (χ3v) is 5.60. The summed E-state index contributed by atoms with van der Waals surface area (Å²) in [6.45, 7) is 4.93. The molecule has 2 fully saturated rings. The molecule has 134 valence electrons. The Balaban J connectivity index is 0.000000880. The van der Waals surface area contributed by atoms with Crippen molar-refractivity contribution in [3.8, 4) is 16.3 Å². The van der Waals surface area contributed by atoms with Crippen LogP contribution in [0.15, 0.2) is 29.8 Å². The zero-order valence-corrected chi connectivity index (χ0v) is 15.5. The Labute approximate surface area is 152 Å². The lowest BCUT2D eigenvalue weighted by Gasteiger charge is -2.21. The Morgan fingerprint density at radius 1 is 1.32 bits per heavy atom. The molecule has 2 aliphatic rings. The van der Waals surface area contributed by atoms with Crippen LogP contribution in [0.25, 0.3) is 10.4 Å². The summed E-state index contributed by atoms with van der Waals surface area (Å²) in [6.07, 6.45) is 3.96. The number of amides is 1. The van der Waals surface area contributed by atoms with Crippen molar-refractivity contribution in [3.63, 3.8) is 0 Å². The Hall–Kier alpha value is -1.92. The molecule has 6 heteroatoms. The van der Waals surface area contributed by atoms with E-state index in [9.17, 15) is 9.90 Å². The van der Waals surface area contributed by atoms with Crippen molar-refractivity contribution < 1.29 is 9.90 Å². The summed E-state index contributed by atoms with van der Waals surface area (Å²) in [4.78, 5) is 17.0. The van der Waals surface area contributed by atoms with Crippen LogP contribution in [0.3, 0.4) is 0 Å². The summed E-state index contributed by atoms with van der Waals surface area (Å²) in [5.74, 6) is 0.189. The highest BCUT2D eigenvalue weighted by Crippen LogP contribution is 2.46. The maximum absolute atomic E-state index is 12.4. The fourth-order valence-electron chi connectivity index (χ4n) is 3.22. The molecule has 1 saturated heterocycles. The number of aromatic hydroxyl groups is 1. The van der Waals surface area contributed by atoms with Gasteiger partial charge in [0.2, 0.25) is 11.8 Å². The van der Waals surface area contributed by atoms with E-state index in [1.54, 1.807) is 5.51 Å². The molecule has 1 aromatic carbocycles. The van der Waals surface area contributed by atoms with E-state index in [0.717, 1.165) is 48.2 Å². The molecule has 1 atom stereocenters. The van der Waals surface area contributed by atoms with Gasteiger partial charge in [-0.25, -0.2) is 4.98 Å². The smallest absolute Gasteiger partial charge is 0.237 e. The molecule has 3 N–H and O–H groups in total. The third-order valence-electron chi connectivity index (χ3n) is 4.74. The van der Waals surface area contributed by atoms with Gasteiger partial charge in [-0.1, -0.05) is 38.1 Å². The number of carbonyl (C=O) groups is 1. The molecule has 0 unspecified atom stereocenters. The van der Waals surface area contributed by atoms with Gasteiger partial charge in [0, 0.05) is 0 Å². The number of nitrogens with one attached hydrogen (secondary N) is 2. The molecular formula is C19H25N3O2S. The van der Waals surface area contributed by atoms with Crippen LogP contribution >= 0.6 is 11.3 Å². The first kappa shape index (κ1) is 17.9. The maximum atomic E-state index is 12.4. The molecule has 1 aliphatic heterocycles. The summed E-state index contributed by atoms with van der Waals surface area (Å²) in [7, 11) is 0. The minimum atomic E-state index is -0.199. The lowest BCUT2D eigenvalue weighted by molar-refractivity contribution is -0.123. The van der Waals surface area contributed by atoms with Crippen LogP contribution in [-0.2, 0) is 10.3 Å². The monoisotopic (exact) mass is 359 g/mol. The number of thiazole rings is 1. The summed E-state index contributed by atoms with van der Waals surface area (Å²) in [6, 6.07) is 8.03. The van der Waals surface area contributed by atoms with Gasteiger partial charge >= 0.3 is 0 Å². The second-order valence-electron chi connectivity index (χ2n) is 6.30. The summed E-state index contributed by atoms with van der Waals surface area (Å²) in [5.41, 5.74) is 3.52. The molecule has 5 nitrogen and oxygen atoms in total. The highest BCUT2D eigenvalue weighted by molar-refractivity contribution is 7.13. The second kappa shape index (κ2) is 7.54. The third kappa shape index (κ3) is 3.70. The zero-order chi connectivity index (χ0) is 17.9. The van der Waals surface area contributed by atoms with Crippen LogP contribution in [0, 0.1) is 0 Å². The number of benzene rings is 1. The Morgan fingerprint density at radius 3 is 2.56 bits per heavy atom. The van der Waals surface area contributed by atoms with Crippen molar-refractivity contribution >= 4 is 17.2 Å². The van der Waals surface area contributed by atoms with E-state index < -0.39 is 0 Å². The lowest BCUT2D eigenvalue weighted by atomic mass is 10.0. The van der Waals surface area contributed by atoms with E-state index in [-0.39, 0.29) is 23.4 Å². The maximum Gasteiger partial charge on any atom is 0.237 e. The Bertz CT molecular complexity index is 717. The average molecular weight is 359 g/mol. The van der Waals surface area contributed by atoms with Crippen molar-refractivity contribution in [1.82, 2.24) is 15.6 Å². The molecule has 2 heterocycles. The lowest BCUT2D eigenvalue weighted by Crippen LogP contribution is -2.45. The molecule has 1 aliphatic carbocycles. The van der Waals surface area contributed by atoms with Gasteiger partial charge in [-0.2, -0.15) is 0 Å². The molecule has 25 heavy (non-hydrogen) atoms. The molecular weight excluding hydrogens is 334 g/mol. The number of nitrogens with zero attached hydrogens (tertiary/aromatic N) is 1. The van der Waals surface area contributed by atoms with Crippen molar-refractivity contribution in [1.29, 1.82) is 0 Å². The van der Waals surface area contributed by atoms with E-state index in [1.807, 2.05) is 38.1 Å².